The van der Waals surface area contributed by atoms with E-state index in [-0.39, 0.29) is 0 Å². The van der Waals surface area contributed by atoms with E-state index in [2.05, 4.69) is 27.4 Å². The number of nitrogens with one attached hydrogen (secondary N) is 1. The van der Waals surface area contributed by atoms with E-state index in [1.807, 2.05) is 19.1 Å². The summed E-state index contributed by atoms with van der Waals surface area (Å²) in [5, 5.41) is 12.1. The molecule has 94 valence electrons. The molecule has 0 saturated carbocycles. The molecule has 1 heterocycles. The summed E-state index contributed by atoms with van der Waals surface area (Å²) in [6.45, 7) is 1.86. The maximum absolute atomic E-state index is 8.91. The number of nitriles is 1. The van der Waals surface area contributed by atoms with Gasteiger partial charge < -0.3 is 5.32 Å². The van der Waals surface area contributed by atoms with Gasteiger partial charge in [-0.1, -0.05) is 6.07 Å². The fourth-order valence-electron chi connectivity index (χ4n) is 2.46. The topological polar surface area (TPSA) is 61.6 Å². The van der Waals surface area contributed by atoms with Crippen molar-refractivity contribution in [3.8, 4) is 6.07 Å². The van der Waals surface area contributed by atoms with Crippen molar-refractivity contribution in [2.24, 2.45) is 0 Å². The second-order valence-electron chi connectivity index (χ2n) is 4.79. The van der Waals surface area contributed by atoms with Gasteiger partial charge in [0.2, 0.25) is 5.95 Å². The normalized spacial score (nSPS) is 12.8. The van der Waals surface area contributed by atoms with Crippen LogP contribution in [0.1, 0.15) is 28.9 Å². The minimum Gasteiger partial charge on any atom is -0.324 e. The van der Waals surface area contributed by atoms with E-state index in [0.29, 0.717) is 11.6 Å². The standard InChI is InChI=1S/C15H14N4/c1-10-7-14(9-16)19-15(17-10)18-13-6-5-11-3-2-4-12(11)8-13/h5-8H,2-4H2,1H3,(H,17,18,19). The first-order valence-corrected chi connectivity index (χ1v) is 6.39. The first-order valence-electron chi connectivity index (χ1n) is 6.39. The van der Waals surface area contributed by atoms with Crippen molar-refractivity contribution in [3.63, 3.8) is 0 Å². The largest absolute Gasteiger partial charge is 0.324 e. The average molecular weight is 250 g/mol. The van der Waals surface area contributed by atoms with Crippen molar-refractivity contribution in [1.82, 2.24) is 9.97 Å². The van der Waals surface area contributed by atoms with Crippen LogP contribution < -0.4 is 5.32 Å². The first kappa shape index (κ1) is 11.7. The Bertz CT molecular complexity index is 670. The van der Waals surface area contributed by atoms with E-state index in [1.165, 1.54) is 24.0 Å². The molecule has 3 rings (SSSR count). The summed E-state index contributed by atoms with van der Waals surface area (Å²) in [6.07, 6.45) is 3.55. The van der Waals surface area contributed by atoms with Crippen LogP contribution in [0.15, 0.2) is 24.3 Å². The molecular formula is C15H14N4. The second kappa shape index (κ2) is 4.69. The van der Waals surface area contributed by atoms with E-state index in [1.54, 1.807) is 6.07 Å². The third-order valence-corrected chi connectivity index (χ3v) is 3.32. The molecule has 1 aromatic heterocycles. The number of hydrogen-bond acceptors (Lipinski definition) is 4. The number of hydrogen-bond donors (Lipinski definition) is 1. The molecule has 4 nitrogen and oxygen atoms in total. The predicted molar refractivity (Wildman–Crippen MR) is 73.2 cm³/mol. The zero-order valence-electron chi connectivity index (χ0n) is 10.8. The summed E-state index contributed by atoms with van der Waals surface area (Å²) in [7, 11) is 0. The molecule has 0 unspecified atom stereocenters. The fraction of sp³-hybridized carbons (Fsp3) is 0.267. The van der Waals surface area contributed by atoms with E-state index < -0.39 is 0 Å². The summed E-state index contributed by atoms with van der Waals surface area (Å²) < 4.78 is 0. The van der Waals surface area contributed by atoms with E-state index in [9.17, 15) is 0 Å². The average Bonchev–Trinajstić information content (AvgIpc) is 2.85. The van der Waals surface area contributed by atoms with Crippen molar-refractivity contribution in [2.45, 2.75) is 26.2 Å². The molecule has 0 aliphatic heterocycles. The quantitative estimate of drug-likeness (QED) is 0.890. The van der Waals surface area contributed by atoms with Crippen molar-refractivity contribution in [1.29, 1.82) is 5.26 Å². The monoisotopic (exact) mass is 250 g/mol. The molecule has 1 N–H and O–H groups in total. The zero-order chi connectivity index (χ0) is 13.2. The molecule has 0 radical (unpaired) electrons. The highest BCUT2D eigenvalue weighted by Gasteiger charge is 2.11. The summed E-state index contributed by atoms with van der Waals surface area (Å²) in [5.41, 5.74) is 4.99. The Morgan fingerprint density at radius 3 is 2.84 bits per heavy atom. The van der Waals surface area contributed by atoms with Gasteiger partial charge in [-0.05, 0) is 55.5 Å². The smallest absolute Gasteiger partial charge is 0.228 e. The summed E-state index contributed by atoms with van der Waals surface area (Å²) in [4.78, 5) is 8.45. The molecule has 1 aliphatic rings. The Labute approximate surface area is 112 Å². The summed E-state index contributed by atoms with van der Waals surface area (Å²) >= 11 is 0. The van der Waals surface area contributed by atoms with E-state index >= 15 is 0 Å². The highest BCUT2D eigenvalue weighted by atomic mass is 15.1. The fourth-order valence-corrected chi connectivity index (χ4v) is 2.46. The lowest BCUT2D eigenvalue weighted by Gasteiger charge is -2.07. The molecule has 0 fully saturated rings. The Morgan fingerprint density at radius 1 is 1.16 bits per heavy atom. The minimum atomic E-state index is 0.385. The van der Waals surface area contributed by atoms with Crippen molar-refractivity contribution >= 4 is 11.6 Å². The third-order valence-electron chi connectivity index (χ3n) is 3.32. The van der Waals surface area contributed by atoms with Gasteiger partial charge in [0, 0.05) is 11.4 Å². The molecule has 0 atom stereocenters. The lowest BCUT2D eigenvalue weighted by Crippen LogP contribution is -2.00. The van der Waals surface area contributed by atoms with Crippen molar-refractivity contribution in [2.75, 3.05) is 5.32 Å². The van der Waals surface area contributed by atoms with Crippen molar-refractivity contribution in [3.05, 3.63) is 46.8 Å². The molecular weight excluding hydrogens is 236 g/mol. The number of fused-ring (bicyclic) bond motifs is 1. The summed E-state index contributed by atoms with van der Waals surface area (Å²) in [5.74, 6) is 0.481. The Hall–Kier alpha value is -2.41. The molecule has 19 heavy (non-hydrogen) atoms. The van der Waals surface area contributed by atoms with Gasteiger partial charge in [-0.15, -0.1) is 0 Å². The van der Waals surface area contributed by atoms with Crippen LogP contribution in [0.25, 0.3) is 0 Å². The summed E-state index contributed by atoms with van der Waals surface area (Å²) in [6, 6.07) is 10.1. The molecule has 1 aromatic carbocycles. The zero-order valence-corrected chi connectivity index (χ0v) is 10.8. The van der Waals surface area contributed by atoms with Gasteiger partial charge in [-0.25, -0.2) is 9.97 Å². The van der Waals surface area contributed by atoms with E-state index in [0.717, 1.165) is 17.8 Å². The van der Waals surface area contributed by atoms with Crippen LogP contribution in [-0.4, -0.2) is 9.97 Å². The SMILES string of the molecule is Cc1cc(C#N)nc(Nc2ccc3c(c2)CCC3)n1. The van der Waals surface area contributed by atoms with E-state index in [4.69, 9.17) is 5.26 Å². The van der Waals surface area contributed by atoms with Crippen LogP contribution in [0, 0.1) is 18.3 Å². The molecule has 4 heteroatoms. The first-order chi connectivity index (χ1) is 9.24. The van der Waals surface area contributed by atoms with Gasteiger partial charge in [0.25, 0.3) is 0 Å². The van der Waals surface area contributed by atoms with Gasteiger partial charge >= 0.3 is 0 Å². The highest BCUT2D eigenvalue weighted by Crippen LogP contribution is 2.26. The molecule has 0 saturated heterocycles. The van der Waals surface area contributed by atoms with Crippen LogP contribution >= 0.6 is 0 Å². The molecule has 0 spiro atoms. The van der Waals surface area contributed by atoms with Crippen LogP contribution in [-0.2, 0) is 12.8 Å². The highest BCUT2D eigenvalue weighted by molar-refractivity contribution is 5.57. The number of rotatable bonds is 2. The number of aryl methyl sites for hydroxylation is 3. The van der Waals surface area contributed by atoms with Crippen LogP contribution in [0.5, 0.6) is 0 Å². The van der Waals surface area contributed by atoms with Crippen LogP contribution in [0.3, 0.4) is 0 Å². The van der Waals surface area contributed by atoms with Gasteiger partial charge in [0.1, 0.15) is 11.8 Å². The minimum absolute atomic E-state index is 0.385. The Kier molecular flexibility index (Phi) is 2.88. The Morgan fingerprint density at radius 2 is 2.00 bits per heavy atom. The molecule has 1 aliphatic carbocycles. The van der Waals surface area contributed by atoms with Gasteiger partial charge in [0.05, 0.1) is 0 Å². The number of benzene rings is 1. The number of aromatic nitrogens is 2. The number of nitrogens with zero attached hydrogens (tertiary/aromatic N) is 3. The maximum atomic E-state index is 8.91. The molecule has 0 bridgehead atoms. The van der Waals surface area contributed by atoms with Gasteiger partial charge in [-0.2, -0.15) is 5.26 Å². The maximum Gasteiger partial charge on any atom is 0.228 e. The van der Waals surface area contributed by atoms with Crippen LogP contribution in [0.4, 0.5) is 11.6 Å². The Balaban J connectivity index is 1.89. The lowest BCUT2D eigenvalue weighted by molar-refractivity contribution is 0.912. The second-order valence-corrected chi connectivity index (χ2v) is 4.79. The number of anilines is 2. The molecule has 2 aromatic rings. The molecule has 0 amide bonds. The third kappa shape index (κ3) is 2.41. The van der Waals surface area contributed by atoms with Gasteiger partial charge in [0.15, 0.2) is 0 Å². The predicted octanol–water partition coefficient (Wildman–Crippen LogP) is 2.89. The lowest BCUT2D eigenvalue weighted by atomic mass is 10.1. The van der Waals surface area contributed by atoms with Crippen LogP contribution in [0.2, 0.25) is 0 Å². The van der Waals surface area contributed by atoms with Gasteiger partial charge in [-0.3, -0.25) is 0 Å². The van der Waals surface area contributed by atoms with Crippen molar-refractivity contribution < 1.29 is 0 Å².